The van der Waals surface area contributed by atoms with Crippen LogP contribution in [0, 0.1) is 0 Å². The fraction of sp³-hybridized carbons (Fsp3) is 0.662. The molecule has 0 saturated carbocycles. The average molecular weight is 1030 g/mol. The van der Waals surface area contributed by atoms with E-state index in [4.69, 9.17) is 14.2 Å². The van der Waals surface area contributed by atoms with Crippen LogP contribution in [-0.4, -0.2) is 37.2 Å². The van der Waals surface area contributed by atoms with Gasteiger partial charge in [0.15, 0.2) is 6.10 Å². The van der Waals surface area contributed by atoms with E-state index in [9.17, 15) is 14.4 Å². The van der Waals surface area contributed by atoms with Crippen molar-refractivity contribution < 1.29 is 28.6 Å². The molecule has 74 heavy (non-hydrogen) atoms. The van der Waals surface area contributed by atoms with Gasteiger partial charge in [0.1, 0.15) is 13.2 Å². The lowest BCUT2D eigenvalue weighted by atomic mass is 10.0. The third-order valence-corrected chi connectivity index (χ3v) is 13.0. The summed E-state index contributed by atoms with van der Waals surface area (Å²) in [4.78, 5) is 38.3. The Balaban J connectivity index is 4.52. The highest BCUT2D eigenvalue weighted by Gasteiger charge is 2.19. The number of rotatable bonds is 54. The van der Waals surface area contributed by atoms with Crippen LogP contribution in [0.3, 0.4) is 0 Å². The summed E-state index contributed by atoms with van der Waals surface area (Å²) < 4.78 is 16.9. The summed E-state index contributed by atoms with van der Waals surface area (Å²) in [6.07, 6.45) is 84.7. The molecule has 0 saturated heterocycles. The highest BCUT2D eigenvalue weighted by molar-refractivity contribution is 5.71. The monoisotopic (exact) mass is 1020 g/mol. The van der Waals surface area contributed by atoms with Crippen LogP contribution in [0.15, 0.2) is 122 Å². The largest absolute Gasteiger partial charge is 0.462 e. The molecule has 0 aliphatic heterocycles. The molecular weight excluding hydrogens is 913 g/mol. The van der Waals surface area contributed by atoms with Gasteiger partial charge in [0, 0.05) is 19.3 Å². The summed E-state index contributed by atoms with van der Waals surface area (Å²) >= 11 is 0. The first kappa shape index (κ1) is 69.8. The molecule has 0 spiro atoms. The van der Waals surface area contributed by atoms with E-state index in [1.165, 1.54) is 135 Å². The van der Waals surface area contributed by atoms with Crippen molar-refractivity contribution in [3.05, 3.63) is 122 Å². The van der Waals surface area contributed by atoms with E-state index in [1.807, 2.05) is 72.9 Å². The van der Waals surface area contributed by atoms with Crippen LogP contribution >= 0.6 is 0 Å². The number of unbranched alkanes of at least 4 members (excludes halogenated alkanes) is 31. The van der Waals surface area contributed by atoms with Crippen LogP contribution in [0.5, 0.6) is 0 Å². The van der Waals surface area contributed by atoms with Gasteiger partial charge in [-0.25, -0.2) is 0 Å². The van der Waals surface area contributed by atoms with E-state index in [2.05, 4.69) is 69.4 Å². The predicted molar refractivity (Wildman–Crippen MR) is 320 cm³/mol. The first-order valence-corrected chi connectivity index (χ1v) is 30.7. The Morgan fingerprint density at radius 3 is 0.838 bits per heavy atom. The number of carbonyl (C=O) groups excluding carboxylic acids is 3. The van der Waals surface area contributed by atoms with E-state index in [0.717, 1.165) is 96.3 Å². The first-order chi connectivity index (χ1) is 36.5. The molecule has 420 valence electrons. The molecule has 0 aliphatic rings. The zero-order chi connectivity index (χ0) is 53.6. The smallest absolute Gasteiger partial charge is 0.306 e. The van der Waals surface area contributed by atoms with E-state index in [1.54, 1.807) is 0 Å². The normalized spacial score (nSPS) is 13.0. The van der Waals surface area contributed by atoms with E-state index in [-0.39, 0.29) is 31.1 Å². The second-order valence-electron chi connectivity index (χ2n) is 20.1. The molecule has 0 fully saturated rings. The van der Waals surface area contributed by atoms with Gasteiger partial charge in [0.25, 0.3) is 0 Å². The summed E-state index contributed by atoms with van der Waals surface area (Å²) in [5.41, 5.74) is 0. The van der Waals surface area contributed by atoms with Gasteiger partial charge in [-0.15, -0.1) is 0 Å². The minimum absolute atomic E-state index is 0.105. The number of hydrogen-bond acceptors (Lipinski definition) is 6. The Morgan fingerprint density at radius 2 is 0.527 bits per heavy atom. The van der Waals surface area contributed by atoms with Crippen molar-refractivity contribution in [3.63, 3.8) is 0 Å². The number of esters is 3. The quantitative estimate of drug-likeness (QED) is 0.0261. The van der Waals surface area contributed by atoms with E-state index >= 15 is 0 Å². The molecule has 0 heterocycles. The number of allylic oxidation sites excluding steroid dienone is 20. The third-order valence-electron chi connectivity index (χ3n) is 13.0. The maximum Gasteiger partial charge on any atom is 0.306 e. The summed E-state index contributed by atoms with van der Waals surface area (Å²) in [5.74, 6) is -0.962. The van der Waals surface area contributed by atoms with Gasteiger partial charge < -0.3 is 14.2 Å². The lowest BCUT2D eigenvalue weighted by molar-refractivity contribution is -0.167. The minimum Gasteiger partial charge on any atom is -0.462 e. The van der Waals surface area contributed by atoms with Crippen molar-refractivity contribution in [3.8, 4) is 0 Å². The third kappa shape index (κ3) is 58.7. The van der Waals surface area contributed by atoms with Crippen LogP contribution in [0.25, 0.3) is 0 Å². The maximum absolute atomic E-state index is 12.9. The van der Waals surface area contributed by atoms with Crippen molar-refractivity contribution in [2.45, 2.75) is 277 Å². The van der Waals surface area contributed by atoms with Crippen molar-refractivity contribution in [1.29, 1.82) is 0 Å². The lowest BCUT2D eigenvalue weighted by Crippen LogP contribution is -2.30. The fourth-order valence-electron chi connectivity index (χ4n) is 8.37. The zero-order valence-corrected chi connectivity index (χ0v) is 48.1. The SMILES string of the molecule is CC\C=C/C=C\C=C/C=C\C=C\C=C/C=C\CCCCCC(=O)OCC(COC(=O)CCCCCCC\C=C/C=C\C=C/CCCCCCC)OC(=O)CCCCCCCCCCCCCCCCCCCCC. The lowest BCUT2D eigenvalue weighted by Gasteiger charge is -2.18. The standard InChI is InChI=1S/C68H112O6/c1-4-7-10-13-16-19-22-25-28-31-34-37-40-43-46-49-52-55-58-61-67(70)73-64-65(63-72-66(69)60-57-54-51-48-45-42-39-36-33-30-27-24-21-18-15-12-9-6-3)74-68(71)62-59-56-53-50-47-44-41-38-35-32-29-26-23-20-17-14-11-8-5-2/h7,10,13,16,19,22,24-25,27-28,30-31,33-34,36-37,39-40,43,46,65H,4-6,8-9,11-12,14-15,17-18,20-21,23,26,29,32,35,38,41-42,44-45,47-64H2,1-3H3/b10-7-,16-13-,22-19-,27-24-,28-25-,33-30-,34-31+,39-36-,40-37-,46-43-. The van der Waals surface area contributed by atoms with Crippen LogP contribution in [0.2, 0.25) is 0 Å². The Labute approximate surface area is 456 Å². The molecule has 0 bridgehead atoms. The molecule has 0 radical (unpaired) electrons. The van der Waals surface area contributed by atoms with Gasteiger partial charge in [-0.2, -0.15) is 0 Å². The Bertz CT molecular complexity index is 1550. The zero-order valence-electron chi connectivity index (χ0n) is 48.1. The minimum atomic E-state index is -0.809. The van der Waals surface area contributed by atoms with E-state index in [0.29, 0.717) is 19.3 Å². The van der Waals surface area contributed by atoms with Gasteiger partial charge in [0.05, 0.1) is 0 Å². The first-order valence-electron chi connectivity index (χ1n) is 30.7. The summed E-state index contributed by atoms with van der Waals surface area (Å²) in [7, 11) is 0. The Morgan fingerprint density at radius 1 is 0.284 bits per heavy atom. The van der Waals surface area contributed by atoms with Crippen molar-refractivity contribution in [1.82, 2.24) is 0 Å². The van der Waals surface area contributed by atoms with Crippen molar-refractivity contribution in [2.24, 2.45) is 0 Å². The molecular formula is C68H112O6. The van der Waals surface area contributed by atoms with Crippen LogP contribution in [0.1, 0.15) is 271 Å². The van der Waals surface area contributed by atoms with Crippen LogP contribution in [-0.2, 0) is 28.6 Å². The van der Waals surface area contributed by atoms with Gasteiger partial charge in [-0.3, -0.25) is 14.4 Å². The highest BCUT2D eigenvalue weighted by atomic mass is 16.6. The summed E-state index contributed by atoms with van der Waals surface area (Å²) in [6, 6.07) is 0. The molecule has 0 amide bonds. The fourth-order valence-corrected chi connectivity index (χ4v) is 8.37. The molecule has 1 atom stereocenters. The maximum atomic E-state index is 12.9. The molecule has 6 heteroatoms. The van der Waals surface area contributed by atoms with Gasteiger partial charge in [0.2, 0.25) is 0 Å². The Hall–Kier alpha value is -4.19. The number of hydrogen-bond donors (Lipinski definition) is 0. The molecule has 0 aromatic rings. The topological polar surface area (TPSA) is 78.9 Å². The van der Waals surface area contributed by atoms with Gasteiger partial charge >= 0.3 is 17.9 Å². The van der Waals surface area contributed by atoms with Crippen molar-refractivity contribution in [2.75, 3.05) is 13.2 Å². The molecule has 6 nitrogen and oxygen atoms in total. The molecule has 1 unspecified atom stereocenters. The average Bonchev–Trinajstić information content (AvgIpc) is 3.40. The molecule has 0 aromatic carbocycles. The summed E-state index contributed by atoms with van der Waals surface area (Å²) in [5, 5.41) is 0. The molecule has 0 N–H and O–H groups in total. The number of ether oxygens (including phenoxy) is 3. The van der Waals surface area contributed by atoms with Crippen LogP contribution in [0.4, 0.5) is 0 Å². The number of carbonyl (C=O) groups is 3. The molecule has 0 aromatic heterocycles. The Kier molecular flexibility index (Phi) is 57.9. The molecule has 0 aliphatic carbocycles. The van der Waals surface area contributed by atoms with E-state index < -0.39 is 6.10 Å². The second-order valence-corrected chi connectivity index (χ2v) is 20.1. The second kappa shape index (κ2) is 61.4. The van der Waals surface area contributed by atoms with Crippen LogP contribution < -0.4 is 0 Å². The predicted octanol–water partition coefficient (Wildman–Crippen LogP) is 20.8. The molecule has 0 rings (SSSR count). The van der Waals surface area contributed by atoms with Gasteiger partial charge in [-0.05, 0) is 64.2 Å². The van der Waals surface area contributed by atoms with Gasteiger partial charge in [-0.1, -0.05) is 309 Å². The van der Waals surface area contributed by atoms with Crippen molar-refractivity contribution >= 4 is 17.9 Å². The highest BCUT2D eigenvalue weighted by Crippen LogP contribution is 2.16. The summed E-state index contributed by atoms with van der Waals surface area (Å²) in [6.45, 7) is 6.44.